The van der Waals surface area contributed by atoms with Gasteiger partial charge in [-0.1, -0.05) is 12.1 Å². The van der Waals surface area contributed by atoms with Gasteiger partial charge >= 0.3 is 5.97 Å². The third-order valence-electron chi connectivity index (χ3n) is 2.61. The van der Waals surface area contributed by atoms with E-state index in [1.54, 1.807) is 19.1 Å². The van der Waals surface area contributed by atoms with Gasteiger partial charge in [0, 0.05) is 6.54 Å². The van der Waals surface area contributed by atoms with Gasteiger partial charge in [0.1, 0.15) is 6.10 Å². The number of benzene rings is 1. The smallest absolute Gasteiger partial charge is 0.338 e. The number of ether oxygens (including phenoxy) is 1. The Hall–Kier alpha value is -1.43. The van der Waals surface area contributed by atoms with Crippen LogP contribution in [-0.2, 0) is 4.74 Å². The molecule has 1 aromatic rings. The number of esters is 1. The largest absolute Gasteiger partial charge is 0.465 e. The number of hydrogen-bond donors (Lipinski definition) is 3. The first-order valence-electron chi connectivity index (χ1n) is 5.26. The highest BCUT2D eigenvalue weighted by atomic mass is 16.5. The van der Waals surface area contributed by atoms with Gasteiger partial charge in [-0.15, -0.1) is 0 Å². The highest BCUT2D eigenvalue weighted by molar-refractivity contribution is 5.91. The number of nitrogens with two attached hydrogens (primary N) is 1. The topological polar surface area (TPSA) is 92.8 Å². The molecule has 0 aliphatic heterocycles. The molecule has 2 atom stereocenters. The number of rotatable bonds is 4. The van der Waals surface area contributed by atoms with Gasteiger partial charge in [0.25, 0.3) is 0 Å². The summed E-state index contributed by atoms with van der Waals surface area (Å²) in [4.78, 5) is 11.5. The maximum Gasteiger partial charge on any atom is 0.338 e. The van der Waals surface area contributed by atoms with Crippen molar-refractivity contribution < 1.29 is 19.7 Å². The molecule has 0 aliphatic carbocycles. The van der Waals surface area contributed by atoms with E-state index in [-0.39, 0.29) is 6.54 Å². The van der Waals surface area contributed by atoms with Gasteiger partial charge < -0.3 is 20.7 Å². The highest BCUT2D eigenvalue weighted by Crippen LogP contribution is 2.20. The molecular formula is C12H17NO4. The van der Waals surface area contributed by atoms with E-state index < -0.39 is 18.2 Å². The fourth-order valence-electron chi connectivity index (χ4n) is 1.50. The van der Waals surface area contributed by atoms with E-state index in [9.17, 15) is 15.0 Å². The molecule has 1 rings (SSSR count). The molecule has 94 valence electrons. The predicted octanol–water partition coefficient (Wildman–Crippen LogP) is 0.135. The molecule has 17 heavy (non-hydrogen) atoms. The maximum atomic E-state index is 11.5. The van der Waals surface area contributed by atoms with Crippen LogP contribution >= 0.6 is 0 Å². The lowest BCUT2D eigenvalue weighted by Gasteiger charge is -2.17. The van der Waals surface area contributed by atoms with Crippen molar-refractivity contribution in [3.05, 3.63) is 34.9 Å². The highest BCUT2D eigenvalue weighted by Gasteiger charge is 2.19. The molecule has 0 spiro atoms. The van der Waals surface area contributed by atoms with Crippen LogP contribution < -0.4 is 5.73 Å². The summed E-state index contributed by atoms with van der Waals surface area (Å²) in [7, 11) is 1.29. The zero-order valence-electron chi connectivity index (χ0n) is 9.88. The van der Waals surface area contributed by atoms with E-state index in [1.165, 1.54) is 13.2 Å². The van der Waals surface area contributed by atoms with E-state index in [1.807, 2.05) is 0 Å². The molecular weight excluding hydrogens is 222 g/mol. The van der Waals surface area contributed by atoms with Gasteiger partial charge in [0.2, 0.25) is 0 Å². The number of aryl methyl sites for hydroxylation is 1. The van der Waals surface area contributed by atoms with E-state index in [0.717, 1.165) is 5.56 Å². The minimum absolute atomic E-state index is 0.0530. The molecule has 0 saturated heterocycles. The second kappa shape index (κ2) is 5.77. The minimum Gasteiger partial charge on any atom is -0.465 e. The zero-order valence-corrected chi connectivity index (χ0v) is 9.88. The molecule has 0 bridgehead atoms. The Morgan fingerprint density at radius 1 is 1.47 bits per heavy atom. The lowest BCUT2D eigenvalue weighted by molar-refractivity contribution is 0.0242. The molecule has 0 amide bonds. The van der Waals surface area contributed by atoms with Crippen LogP contribution in [0.15, 0.2) is 18.2 Å². The van der Waals surface area contributed by atoms with E-state index in [4.69, 9.17) is 5.73 Å². The normalized spacial score (nSPS) is 14.2. The third kappa shape index (κ3) is 3.03. The number of carbonyl (C=O) groups is 1. The van der Waals surface area contributed by atoms with Gasteiger partial charge in [-0.05, 0) is 24.1 Å². The second-order valence-corrected chi connectivity index (χ2v) is 3.81. The summed E-state index contributed by atoms with van der Waals surface area (Å²) in [6.07, 6.45) is -2.16. The van der Waals surface area contributed by atoms with Crippen LogP contribution in [0.25, 0.3) is 0 Å². The quantitative estimate of drug-likeness (QED) is 0.650. The Kier molecular flexibility index (Phi) is 4.62. The average Bonchev–Trinajstić information content (AvgIpc) is 2.36. The van der Waals surface area contributed by atoms with Gasteiger partial charge in [-0.25, -0.2) is 4.79 Å². The first kappa shape index (κ1) is 13.6. The first-order valence-corrected chi connectivity index (χ1v) is 5.26. The molecule has 1 aromatic carbocycles. The summed E-state index contributed by atoms with van der Waals surface area (Å²) < 4.78 is 4.63. The van der Waals surface area contributed by atoms with Crippen molar-refractivity contribution in [2.75, 3.05) is 13.7 Å². The number of carbonyl (C=O) groups excluding carboxylic acids is 1. The van der Waals surface area contributed by atoms with Crippen molar-refractivity contribution in [1.29, 1.82) is 0 Å². The number of aliphatic hydroxyl groups is 2. The number of hydrogen-bond acceptors (Lipinski definition) is 5. The summed E-state index contributed by atoms with van der Waals surface area (Å²) in [6.45, 7) is 1.71. The van der Waals surface area contributed by atoms with Crippen LogP contribution in [0.3, 0.4) is 0 Å². The SMILES string of the molecule is COC(=O)c1cc(C(O)C(O)CN)ccc1C. The Balaban J connectivity index is 3.08. The lowest BCUT2D eigenvalue weighted by atomic mass is 9.99. The van der Waals surface area contributed by atoms with Gasteiger partial charge in [0.15, 0.2) is 0 Å². The average molecular weight is 239 g/mol. The minimum atomic E-state index is -1.11. The van der Waals surface area contributed by atoms with Crippen LogP contribution in [0.1, 0.15) is 27.6 Å². The molecule has 0 aliphatic rings. The molecule has 0 heterocycles. The number of methoxy groups -OCH3 is 1. The van der Waals surface area contributed by atoms with E-state index in [2.05, 4.69) is 4.74 Å². The molecule has 5 nitrogen and oxygen atoms in total. The molecule has 0 radical (unpaired) electrons. The Morgan fingerprint density at radius 2 is 2.12 bits per heavy atom. The summed E-state index contributed by atoms with van der Waals surface area (Å²) in [5, 5.41) is 19.2. The Labute approximate surface area is 99.8 Å². The molecule has 5 heteroatoms. The predicted molar refractivity (Wildman–Crippen MR) is 62.5 cm³/mol. The van der Waals surface area contributed by atoms with Crippen LogP contribution in [0.4, 0.5) is 0 Å². The second-order valence-electron chi connectivity index (χ2n) is 3.81. The van der Waals surface area contributed by atoms with Crippen LogP contribution in [0.5, 0.6) is 0 Å². The maximum absolute atomic E-state index is 11.5. The lowest BCUT2D eigenvalue weighted by Crippen LogP contribution is -2.27. The summed E-state index contributed by atoms with van der Waals surface area (Å²) >= 11 is 0. The van der Waals surface area contributed by atoms with Crippen molar-refractivity contribution in [1.82, 2.24) is 0 Å². The van der Waals surface area contributed by atoms with Crippen LogP contribution in [0, 0.1) is 6.92 Å². The molecule has 0 fully saturated rings. The monoisotopic (exact) mass is 239 g/mol. The number of aliphatic hydroxyl groups excluding tert-OH is 2. The van der Waals surface area contributed by atoms with Crippen molar-refractivity contribution in [2.24, 2.45) is 5.73 Å². The van der Waals surface area contributed by atoms with Crippen molar-refractivity contribution >= 4 is 5.97 Å². The summed E-state index contributed by atoms with van der Waals surface area (Å²) in [6, 6.07) is 4.84. The Bertz CT molecular complexity index is 405. The van der Waals surface area contributed by atoms with E-state index >= 15 is 0 Å². The van der Waals surface area contributed by atoms with Gasteiger partial charge in [-0.3, -0.25) is 0 Å². The molecule has 0 saturated carbocycles. The van der Waals surface area contributed by atoms with Crippen LogP contribution in [0.2, 0.25) is 0 Å². The van der Waals surface area contributed by atoms with Crippen molar-refractivity contribution in [3.8, 4) is 0 Å². The van der Waals surface area contributed by atoms with Gasteiger partial charge in [-0.2, -0.15) is 0 Å². The third-order valence-corrected chi connectivity index (χ3v) is 2.61. The summed E-state index contributed by atoms with van der Waals surface area (Å²) in [5.41, 5.74) is 6.82. The van der Waals surface area contributed by atoms with Crippen LogP contribution in [-0.4, -0.2) is 35.9 Å². The fourth-order valence-corrected chi connectivity index (χ4v) is 1.50. The molecule has 4 N–H and O–H groups in total. The van der Waals surface area contributed by atoms with Gasteiger partial charge in [0.05, 0.1) is 18.8 Å². The summed E-state index contributed by atoms with van der Waals surface area (Å²) in [5.74, 6) is -0.473. The van der Waals surface area contributed by atoms with E-state index in [0.29, 0.717) is 11.1 Å². The Morgan fingerprint density at radius 3 is 2.65 bits per heavy atom. The standard InChI is InChI=1S/C12H17NO4/c1-7-3-4-8(11(15)10(14)6-13)5-9(7)12(16)17-2/h3-5,10-11,14-15H,6,13H2,1-2H3. The zero-order chi connectivity index (χ0) is 13.0. The fraction of sp³-hybridized carbons (Fsp3) is 0.417. The van der Waals surface area contributed by atoms with Crippen molar-refractivity contribution in [3.63, 3.8) is 0 Å². The molecule has 2 unspecified atom stereocenters. The first-order chi connectivity index (χ1) is 8.01. The van der Waals surface area contributed by atoms with Crippen molar-refractivity contribution in [2.45, 2.75) is 19.1 Å². The molecule has 0 aromatic heterocycles.